The van der Waals surface area contributed by atoms with Crippen LogP contribution in [0.1, 0.15) is 13.3 Å². The molecule has 0 aliphatic carbocycles. The standard InChI is InChI=1S/C12H16N2O2S/c1-8(12(13)14)17-9-3-4-10-11(7-9)16-6-2-5-15-10/h3-4,7-8H,2,5-6H2,1H3,(H3,13,14). The van der Waals surface area contributed by atoms with Gasteiger partial charge in [-0.1, -0.05) is 0 Å². The highest BCUT2D eigenvalue weighted by molar-refractivity contribution is 8.00. The first-order valence-electron chi connectivity index (χ1n) is 5.57. The smallest absolute Gasteiger partial charge is 0.162 e. The predicted molar refractivity (Wildman–Crippen MR) is 69.3 cm³/mol. The molecule has 1 aromatic rings. The van der Waals surface area contributed by atoms with Gasteiger partial charge in [0.15, 0.2) is 11.5 Å². The molecule has 1 aliphatic rings. The molecule has 92 valence electrons. The lowest BCUT2D eigenvalue weighted by Gasteiger charge is -2.12. The molecule has 0 saturated heterocycles. The summed E-state index contributed by atoms with van der Waals surface area (Å²) in [7, 11) is 0. The van der Waals surface area contributed by atoms with Gasteiger partial charge in [0.1, 0.15) is 5.84 Å². The van der Waals surface area contributed by atoms with Crippen LogP contribution < -0.4 is 15.2 Å². The summed E-state index contributed by atoms with van der Waals surface area (Å²) in [6, 6.07) is 5.83. The summed E-state index contributed by atoms with van der Waals surface area (Å²) in [6.07, 6.45) is 0.904. The van der Waals surface area contributed by atoms with E-state index in [-0.39, 0.29) is 11.1 Å². The van der Waals surface area contributed by atoms with E-state index in [2.05, 4.69) is 0 Å². The molecule has 0 amide bonds. The summed E-state index contributed by atoms with van der Waals surface area (Å²) < 4.78 is 11.2. The van der Waals surface area contributed by atoms with E-state index >= 15 is 0 Å². The molecule has 1 heterocycles. The highest BCUT2D eigenvalue weighted by Crippen LogP contribution is 2.35. The van der Waals surface area contributed by atoms with Crippen molar-refractivity contribution in [2.45, 2.75) is 23.5 Å². The van der Waals surface area contributed by atoms with E-state index in [1.54, 1.807) is 11.8 Å². The van der Waals surface area contributed by atoms with Crippen LogP contribution in [0, 0.1) is 5.41 Å². The van der Waals surface area contributed by atoms with Gasteiger partial charge in [0.05, 0.1) is 18.5 Å². The quantitative estimate of drug-likeness (QED) is 0.492. The Morgan fingerprint density at radius 3 is 2.76 bits per heavy atom. The second-order valence-corrected chi connectivity index (χ2v) is 5.29. The summed E-state index contributed by atoms with van der Waals surface area (Å²) in [5.41, 5.74) is 5.45. The summed E-state index contributed by atoms with van der Waals surface area (Å²) in [4.78, 5) is 1.04. The van der Waals surface area contributed by atoms with Crippen molar-refractivity contribution in [1.29, 1.82) is 5.41 Å². The molecule has 5 heteroatoms. The zero-order chi connectivity index (χ0) is 12.3. The number of nitrogens with one attached hydrogen (secondary N) is 1. The van der Waals surface area contributed by atoms with Crippen LogP contribution in [0.2, 0.25) is 0 Å². The molecule has 2 rings (SSSR count). The van der Waals surface area contributed by atoms with Crippen molar-refractivity contribution in [3.63, 3.8) is 0 Å². The van der Waals surface area contributed by atoms with Crippen LogP contribution in [0.15, 0.2) is 23.1 Å². The van der Waals surface area contributed by atoms with E-state index in [1.165, 1.54) is 0 Å². The first-order chi connectivity index (χ1) is 8.16. The van der Waals surface area contributed by atoms with Gasteiger partial charge < -0.3 is 15.2 Å². The van der Waals surface area contributed by atoms with Crippen molar-refractivity contribution in [3.05, 3.63) is 18.2 Å². The Morgan fingerprint density at radius 2 is 2.06 bits per heavy atom. The zero-order valence-corrected chi connectivity index (χ0v) is 10.5. The Hall–Kier alpha value is -1.36. The molecule has 0 radical (unpaired) electrons. The minimum absolute atomic E-state index is 0.0280. The number of amidine groups is 1. The van der Waals surface area contributed by atoms with Crippen molar-refractivity contribution >= 4 is 17.6 Å². The highest BCUT2D eigenvalue weighted by atomic mass is 32.2. The van der Waals surface area contributed by atoms with Crippen LogP contribution in [0.3, 0.4) is 0 Å². The van der Waals surface area contributed by atoms with Crippen molar-refractivity contribution in [3.8, 4) is 11.5 Å². The van der Waals surface area contributed by atoms with Gasteiger partial charge in [0, 0.05) is 11.3 Å². The van der Waals surface area contributed by atoms with E-state index in [0.29, 0.717) is 13.2 Å². The molecule has 1 atom stereocenters. The average molecular weight is 252 g/mol. The lowest BCUT2D eigenvalue weighted by molar-refractivity contribution is 0.297. The molecular formula is C12H16N2O2S. The monoisotopic (exact) mass is 252 g/mol. The number of fused-ring (bicyclic) bond motifs is 1. The molecule has 3 N–H and O–H groups in total. The van der Waals surface area contributed by atoms with Crippen molar-refractivity contribution in [1.82, 2.24) is 0 Å². The molecule has 0 saturated carbocycles. The molecule has 0 bridgehead atoms. The summed E-state index contributed by atoms with van der Waals surface area (Å²) in [5.74, 6) is 1.76. The number of thioether (sulfide) groups is 1. The number of hydrogen-bond donors (Lipinski definition) is 2. The van der Waals surface area contributed by atoms with Crippen LogP contribution in [-0.2, 0) is 0 Å². The van der Waals surface area contributed by atoms with Gasteiger partial charge in [0.25, 0.3) is 0 Å². The highest BCUT2D eigenvalue weighted by Gasteiger charge is 2.13. The molecule has 0 fully saturated rings. The Morgan fingerprint density at radius 1 is 1.35 bits per heavy atom. The van der Waals surface area contributed by atoms with Gasteiger partial charge in [-0.05, 0) is 25.1 Å². The fraction of sp³-hybridized carbons (Fsp3) is 0.417. The number of rotatable bonds is 3. The molecular weight excluding hydrogens is 236 g/mol. The maximum Gasteiger partial charge on any atom is 0.162 e. The normalized spacial score (nSPS) is 16.1. The van der Waals surface area contributed by atoms with Crippen LogP contribution in [0.4, 0.5) is 0 Å². The zero-order valence-electron chi connectivity index (χ0n) is 9.73. The summed E-state index contributed by atoms with van der Waals surface area (Å²) in [6.45, 7) is 3.29. The van der Waals surface area contributed by atoms with Gasteiger partial charge in [-0.3, -0.25) is 5.41 Å². The van der Waals surface area contributed by atoms with Crippen LogP contribution in [0.25, 0.3) is 0 Å². The first kappa shape index (κ1) is 12.1. The van der Waals surface area contributed by atoms with Crippen LogP contribution >= 0.6 is 11.8 Å². The molecule has 1 aromatic carbocycles. The van der Waals surface area contributed by atoms with E-state index < -0.39 is 0 Å². The van der Waals surface area contributed by atoms with Gasteiger partial charge in [0.2, 0.25) is 0 Å². The number of ether oxygens (including phenoxy) is 2. The topological polar surface area (TPSA) is 68.3 Å². The maximum atomic E-state index is 7.37. The maximum absolute atomic E-state index is 7.37. The van der Waals surface area contributed by atoms with Crippen molar-refractivity contribution in [2.75, 3.05) is 13.2 Å². The van der Waals surface area contributed by atoms with Crippen LogP contribution in [0.5, 0.6) is 11.5 Å². The Labute approximate surface area is 105 Å². The van der Waals surface area contributed by atoms with E-state index in [1.807, 2.05) is 25.1 Å². The minimum atomic E-state index is -0.0280. The van der Waals surface area contributed by atoms with Crippen molar-refractivity contribution < 1.29 is 9.47 Å². The summed E-state index contributed by atoms with van der Waals surface area (Å²) >= 11 is 1.55. The second-order valence-electron chi connectivity index (χ2n) is 3.87. The lowest BCUT2D eigenvalue weighted by Crippen LogP contribution is -2.21. The molecule has 1 unspecified atom stereocenters. The molecule has 1 aliphatic heterocycles. The van der Waals surface area contributed by atoms with E-state index in [4.69, 9.17) is 20.6 Å². The third-order valence-corrected chi connectivity index (χ3v) is 3.60. The van der Waals surface area contributed by atoms with E-state index in [0.717, 1.165) is 22.8 Å². The Kier molecular flexibility index (Phi) is 3.78. The van der Waals surface area contributed by atoms with Gasteiger partial charge in [-0.25, -0.2) is 0 Å². The molecule has 4 nitrogen and oxygen atoms in total. The summed E-state index contributed by atoms with van der Waals surface area (Å²) in [5, 5.41) is 7.35. The molecule has 17 heavy (non-hydrogen) atoms. The Balaban J connectivity index is 2.15. The van der Waals surface area contributed by atoms with Gasteiger partial charge >= 0.3 is 0 Å². The fourth-order valence-corrected chi connectivity index (χ4v) is 2.34. The third kappa shape index (κ3) is 3.06. The molecule has 0 aromatic heterocycles. The first-order valence-corrected chi connectivity index (χ1v) is 6.45. The van der Waals surface area contributed by atoms with E-state index in [9.17, 15) is 0 Å². The fourth-order valence-electron chi connectivity index (χ4n) is 1.48. The van der Waals surface area contributed by atoms with Crippen LogP contribution in [-0.4, -0.2) is 24.3 Å². The largest absolute Gasteiger partial charge is 0.490 e. The number of hydrogen-bond acceptors (Lipinski definition) is 4. The van der Waals surface area contributed by atoms with Crippen molar-refractivity contribution in [2.24, 2.45) is 5.73 Å². The van der Waals surface area contributed by atoms with Gasteiger partial charge in [-0.15, -0.1) is 11.8 Å². The second kappa shape index (κ2) is 5.31. The molecule has 0 spiro atoms. The van der Waals surface area contributed by atoms with Gasteiger partial charge in [-0.2, -0.15) is 0 Å². The lowest BCUT2D eigenvalue weighted by atomic mass is 10.3. The third-order valence-electron chi connectivity index (χ3n) is 2.47. The number of nitrogens with two attached hydrogens (primary N) is 1. The Bertz CT molecular complexity index is 423. The SMILES string of the molecule is CC(Sc1ccc2c(c1)OCCCO2)C(=N)N. The minimum Gasteiger partial charge on any atom is -0.490 e. The average Bonchev–Trinajstić information content (AvgIpc) is 2.53. The predicted octanol–water partition coefficient (Wildman–Crippen LogP) is 2.26. The number of benzene rings is 1.